The molecule has 98 valence electrons. The number of hydrogen-bond acceptors (Lipinski definition) is 4. The topological polar surface area (TPSA) is 66.9 Å². The molecule has 0 aromatic carbocycles. The first-order chi connectivity index (χ1) is 8.66. The van der Waals surface area contributed by atoms with Crippen LogP contribution in [-0.2, 0) is 11.3 Å². The van der Waals surface area contributed by atoms with Crippen molar-refractivity contribution < 1.29 is 4.79 Å². The lowest BCUT2D eigenvalue weighted by Crippen LogP contribution is -2.41. The minimum atomic E-state index is -0.234. The molecule has 1 atom stereocenters. The van der Waals surface area contributed by atoms with Gasteiger partial charge in [-0.3, -0.25) is 4.79 Å². The summed E-state index contributed by atoms with van der Waals surface area (Å²) >= 11 is 0. The second-order valence-corrected chi connectivity index (χ2v) is 4.84. The number of carbonyl (C=O) groups is 1. The molecule has 0 spiro atoms. The van der Waals surface area contributed by atoms with Gasteiger partial charge < -0.3 is 10.6 Å². The Labute approximate surface area is 107 Å². The highest BCUT2D eigenvalue weighted by Gasteiger charge is 2.39. The van der Waals surface area contributed by atoms with Crippen LogP contribution in [0.1, 0.15) is 31.3 Å². The lowest BCUT2D eigenvalue weighted by Gasteiger charge is -2.25. The van der Waals surface area contributed by atoms with Crippen molar-refractivity contribution >= 4 is 5.91 Å². The maximum Gasteiger partial charge on any atom is 0.227 e. The summed E-state index contributed by atoms with van der Waals surface area (Å²) < 4.78 is 0. The second kappa shape index (κ2) is 5.44. The van der Waals surface area contributed by atoms with Gasteiger partial charge >= 0.3 is 0 Å². The zero-order valence-electron chi connectivity index (χ0n) is 11.0. The van der Waals surface area contributed by atoms with Gasteiger partial charge in [0.2, 0.25) is 5.91 Å². The SMILES string of the molecule is CCC1(C(=O)NCc2ccnc(C)n2)CCNC1. The highest BCUT2D eigenvalue weighted by atomic mass is 16.2. The van der Waals surface area contributed by atoms with E-state index in [1.165, 1.54) is 0 Å². The fraction of sp³-hybridized carbons (Fsp3) is 0.615. The van der Waals surface area contributed by atoms with Gasteiger partial charge in [0.05, 0.1) is 17.7 Å². The third-order valence-corrected chi connectivity index (χ3v) is 3.67. The molecule has 1 aromatic heterocycles. The fourth-order valence-corrected chi connectivity index (χ4v) is 2.36. The van der Waals surface area contributed by atoms with Gasteiger partial charge in [-0.05, 0) is 32.4 Å². The summed E-state index contributed by atoms with van der Waals surface area (Å²) in [6.45, 7) is 6.09. The number of rotatable bonds is 4. The highest BCUT2D eigenvalue weighted by Crippen LogP contribution is 2.29. The van der Waals surface area contributed by atoms with Gasteiger partial charge in [-0.15, -0.1) is 0 Å². The summed E-state index contributed by atoms with van der Waals surface area (Å²) in [5, 5.41) is 6.26. The predicted molar refractivity (Wildman–Crippen MR) is 68.8 cm³/mol. The molecule has 0 saturated carbocycles. The largest absolute Gasteiger partial charge is 0.350 e. The van der Waals surface area contributed by atoms with Crippen molar-refractivity contribution in [2.75, 3.05) is 13.1 Å². The monoisotopic (exact) mass is 248 g/mol. The van der Waals surface area contributed by atoms with E-state index in [9.17, 15) is 4.79 Å². The standard InChI is InChI=1S/C13H20N4O/c1-3-13(5-7-14-9-13)12(18)16-8-11-4-6-15-10(2)17-11/h4,6,14H,3,5,7-9H2,1-2H3,(H,16,18). The summed E-state index contributed by atoms with van der Waals surface area (Å²) in [4.78, 5) is 20.6. The van der Waals surface area contributed by atoms with E-state index in [4.69, 9.17) is 0 Å². The molecule has 1 saturated heterocycles. The van der Waals surface area contributed by atoms with Gasteiger partial charge in [0.15, 0.2) is 0 Å². The molecular weight excluding hydrogens is 228 g/mol. The number of carbonyl (C=O) groups excluding carboxylic acids is 1. The molecule has 1 aliphatic heterocycles. The van der Waals surface area contributed by atoms with Crippen LogP contribution in [0.3, 0.4) is 0 Å². The molecule has 1 amide bonds. The van der Waals surface area contributed by atoms with Crippen molar-refractivity contribution in [1.82, 2.24) is 20.6 Å². The number of hydrogen-bond donors (Lipinski definition) is 2. The number of amides is 1. The van der Waals surface area contributed by atoms with E-state index in [2.05, 4.69) is 27.5 Å². The first-order valence-corrected chi connectivity index (χ1v) is 6.44. The average Bonchev–Trinajstić information content (AvgIpc) is 2.86. The molecule has 18 heavy (non-hydrogen) atoms. The molecule has 2 rings (SSSR count). The van der Waals surface area contributed by atoms with E-state index < -0.39 is 0 Å². The van der Waals surface area contributed by atoms with Crippen LogP contribution in [0.5, 0.6) is 0 Å². The Morgan fingerprint density at radius 2 is 2.44 bits per heavy atom. The highest BCUT2D eigenvalue weighted by molar-refractivity contribution is 5.83. The first kappa shape index (κ1) is 13.0. The Balaban J connectivity index is 1.95. The van der Waals surface area contributed by atoms with Crippen molar-refractivity contribution in [2.24, 2.45) is 5.41 Å². The Morgan fingerprint density at radius 1 is 1.61 bits per heavy atom. The Kier molecular flexibility index (Phi) is 3.91. The van der Waals surface area contributed by atoms with Crippen LogP contribution in [0.2, 0.25) is 0 Å². The Morgan fingerprint density at radius 3 is 3.06 bits per heavy atom. The number of nitrogens with one attached hydrogen (secondary N) is 2. The minimum Gasteiger partial charge on any atom is -0.350 e. The summed E-state index contributed by atoms with van der Waals surface area (Å²) in [5.74, 6) is 0.862. The van der Waals surface area contributed by atoms with Crippen molar-refractivity contribution in [3.63, 3.8) is 0 Å². The zero-order chi connectivity index (χ0) is 13.0. The van der Waals surface area contributed by atoms with Crippen LogP contribution in [0, 0.1) is 12.3 Å². The maximum absolute atomic E-state index is 12.3. The molecule has 5 heteroatoms. The molecule has 2 heterocycles. The van der Waals surface area contributed by atoms with Gasteiger partial charge in [-0.25, -0.2) is 9.97 Å². The van der Waals surface area contributed by atoms with Crippen LogP contribution in [0.15, 0.2) is 12.3 Å². The van der Waals surface area contributed by atoms with Gasteiger partial charge in [0, 0.05) is 12.7 Å². The summed E-state index contributed by atoms with van der Waals surface area (Å²) in [6, 6.07) is 1.83. The van der Waals surface area contributed by atoms with Gasteiger partial charge in [0.1, 0.15) is 5.82 Å². The number of aromatic nitrogens is 2. The molecule has 0 radical (unpaired) electrons. The normalized spacial score (nSPS) is 23.0. The van der Waals surface area contributed by atoms with Crippen molar-refractivity contribution in [3.05, 3.63) is 23.8 Å². The van der Waals surface area contributed by atoms with Crippen molar-refractivity contribution in [3.8, 4) is 0 Å². The molecule has 2 N–H and O–H groups in total. The van der Waals surface area contributed by atoms with Gasteiger partial charge in [-0.1, -0.05) is 6.92 Å². The smallest absolute Gasteiger partial charge is 0.227 e. The zero-order valence-corrected chi connectivity index (χ0v) is 11.0. The minimum absolute atomic E-state index is 0.131. The van der Waals surface area contributed by atoms with Crippen LogP contribution in [0.4, 0.5) is 0 Å². The fourth-order valence-electron chi connectivity index (χ4n) is 2.36. The summed E-state index contributed by atoms with van der Waals surface area (Å²) in [5.41, 5.74) is 0.621. The Bertz CT molecular complexity index is 427. The van der Waals surface area contributed by atoms with Crippen LogP contribution < -0.4 is 10.6 Å². The summed E-state index contributed by atoms with van der Waals surface area (Å²) in [6.07, 6.45) is 3.50. The molecule has 1 aliphatic rings. The molecular formula is C13H20N4O. The predicted octanol–water partition coefficient (Wildman–Crippen LogP) is 0.791. The lowest BCUT2D eigenvalue weighted by atomic mass is 9.83. The summed E-state index contributed by atoms with van der Waals surface area (Å²) in [7, 11) is 0. The average molecular weight is 248 g/mol. The van der Waals surface area contributed by atoms with E-state index in [-0.39, 0.29) is 11.3 Å². The molecule has 1 fully saturated rings. The third-order valence-electron chi connectivity index (χ3n) is 3.67. The van der Waals surface area contributed by atoms with Gasteiger partial charge in [-0.2, -0.15) is 0 Å². The van der Waals surface area contributed by atoms with Crippen LogP contribution in [-0.4, -0.2) is 29.0 Å². The van der Waals surface area contributed by atoms with Crippen molar-refractivity contribution in [2.45, 2.75) is 33.2 Å². The van der Waals surface area contributed by atoms with Crippen molar-refractivity contribution in [1.29, 1.82) is 0 Å². The van der Waals surface area contributed by atoms with Crippen LogP contribution in [0.25, 0.3) is 0 Å². The van der Waals surface area contributed by atoms with E-state index >= 15 is 0 Å². The second-order valence-electron chi connectivity index (χ2n) is 4.84. The Hall–Kier alpha value is -1.49. The van der Waals surface area contributed by atoms with Gasteiger partial charge in [0.25, 0.3) is 0 Å². The van der Waals surface area contributed by atoms with E-state index in [0.717, 1.165) is 37.4 Å². The maximum atomic E-state index is 12.3. The quantitative estimate of drug-likeness (QED) is 0.826. The van der Waals surface area contributed by atoms with E-state index in [1.807, 2.05) is 13.0 Å². The lowest BCUT2D eigenvalue weighted by molar-refractivity contribution is -0.130. The third kappa shape index (κ3) is 2.67. The number of nitrogens with zero attached hydrogens (tertiary/aromatic N) is 2. The number of aryl methyl sites for hydroxylation is 1. The first-order valence-electron chi connectivity index (χ1n) is 6.44. The molecule has 1 aromatic rings. The molecule has 0 bridgehead atoms. The van der Waals surface area contributed by atoms with E-state index in [1.54, 1.807) is 6.20 Å². The van der Waals surface area contributed by atoms with Crippen LogP contribution >= 0.6 is 0 Å². The molecule has 0 aliphatic carbocycles. The molecule has 1 unspecified atom stereocenters. The molecule has 5 nitrogen and oxygen atoms in total. The van der Waals surface area contributed by atoms with E-state index in [0.29, 0.717) is 6.54 Å².